The normalized spacial score (nSPS) is 13.0. The Morgan fingerprint density at radius 3 is 1.95 bits per heavy atom. The molecule has 2 N–H and O–H groups in total. The zero-order chi connectivity index (χ0) is 16.3. The molecular formula is C16H30BrNO3. The summed E-state index contributed by atoms with van der Waals surface area (Å²) in [5.41, 5.74) is 0. The maximum absolute atomic E-state index is 11.8. The molecule has 0 aromatic rings. The third-order valence-electron chi connectivity index (χ3n) is 3.49. The van der Waals surface area contributed by atoms with E-state index >= 15 is 0 Å². The first-order valence-corrected chi connectivity index (χ1v) is 8.81. The number of carbonyl (C=O) groups excluding carboxylic acids is 1. The topological polar surface area (TPSA) is 66.4 Å². The summed E-state index contributed by atoms with van der Waals surface area (Å²) in [6.45, 7) is 5.61. The molecule has 0 saturated carbocycles. The Bertz CT molecular complexity index is 313. The van der Waals surface area contributed by atoms with E-state index in [9.17, 15) is 9.59 Å². The third-order valence-corrected chi connectivity index (χ3v) is 3.85. The molecule has 4 nitrogen and oxygen atoms in total. The number of unbranched alkanes of at least 4 members (excludes halogenated alkanes) is 7. The summed E-state index contributed by atoms with van der Waals surface area (Å²) in [6, 6.07) is -0.783. The van der Waals surface area contributed by atoms with Gasteiger partial charge in [-0.3, -0.25) is 4.79 Å². The first kappa shape index (κ1) is 20.4. The fourth-order valence-corrected chi connectivity index (χ4v) is 2.18. The van der Waals surface area contributed by atoms with Gasteiger partial charge in [0.15, 0.2) is 0 Å². The van der Waals surface area contributed by atoms with Crippen LogP contribution in [0.2, 0.25) is 0 Å². The second-order valence-corrected chi connectivity index (χ2v) is 8.08. The molecule has 0 radical (unpaired) electrons. The number of aliphatic carboxylic acids is 1. The van der Waals surface area contributed by atoms with Crippen LogP contribution in [0.25, 0.3) is 0 Å². The number of hydrogen-bond acceptors (Lipinski definition) is 2. The fourth-order valence-electron chi connectivity index (χ4n) is 2.07. The van der Waals surface area contributed by atoms with Crippen LogP contribution in [-0.2, 0) is 9.59 Å². The average molecular weight is 364 g/mol. The van der Waals surface area contributed by atoms with E-state index in [1.54, 1.807) is 13.8 Å². The molecule has 0 spiro atoms. The minimum Gasteiger partial charge on any atom is -0.480 e. The highest BCUT2D eigenvalue weighted by atomic mass is 79.9. The standard InChI is InChI=1S/C16H30BrNO3/c1-4-5-6-7-8-9-10-11-12-13(14(19)20)18-15(21)16(2,3)17/h13H,4-12H2,1-3H3,(H,18,21)(H,19,20). The lowest BCUT2D eigenvalue weighted by Crippen LogP contribution is -2.47. The van der Waals surface area contributed by atoms with E-state index in [4.69, 9.17) is 5.11 Å². The quantitative estimate of drug-likeness (QED) is 0.402. The summed E-state index contributed by atoms with van der Waals surface area (Å²) in [7, 11) is 0. The lowest BCUT2D eigenvalue weighted by molar-refractivity contribution is -0.142. The lowest BCUT2D eigenvalue weighted by atomic mass is 10.0. The Kier molecular flexibility index (Phi) is 10.7. The van der Waals surface area contributed by atoms with Gasteiger partial charge in [-0.2, -0.15) is 0 Å². The van der Waals surface area contributed by atoms with Gasteiger partial charge in [0.2, 0.25) is 5.91 Å². The summed E-state index contributed by atoms with van der Waals surface area (Å²) in [5, 5.41) is 11.7. The van der Waals surface area contributed by atoms with Crippen molar-refractivity contribution in [3.05, 3.63) is 0 Å². The minimum atomic E-state index is -0.956. The van der Waals surface area contributed by atoms with Crippen LogP contribution >= 0.6 is 15.9 Å². The van der Waals surface area contributed by atoms with E-state index in [1.807, 2.05) is 0 Å². The van der Waals surface area contributed by atoms with Gasteiger partial charge in [-0.1, -0.05) is 74.2 Å². The summed E-state index contributed by atoms with van der Waals surface area (Å²) < 4.78 is -0.736. The summed E-state index contributed by atoms with van der Waals surface area (Å²) in [4.78, 5) is 23.0. The van der Waals surface area contributed by atoms with Crippen LogP contribution in [-0.4, -0.2) is 27.3 Å². The molecule has 0 rings (SSSR count). The Labute approximate surface area is 137 Å². The van der Waals surface area contributed by atoms with Gasteiger partial charge in [-0.15, -0.1) is 0 Å². The number of nitrogens with one attached hydrogen (secondary N) is 1. The van der Waals surface area contributed by atoms with Crippen LogP contribution in [0.1, 0.15) is 78.6 Å². The highest BCUT2D eigenvalue weighted by Gasteiger charge is 2.28. The predicted molar refractivity (Wildman–Crippen MR) is 89.8 cm³/mol. The van der Waals surface area contributed by atoms with Gasteiger partial charge in [-0.25, -0.2) is 4.79 Å². The van der Waals surface area contributed by atoms with Crippen molar-refractivity contribution in [2.24, 2.45) is 0 Å². The van der Waals surface area contributed by atoms with E-state index in [2.05, 4.69) is 28.2 Å². The number of halogens is 1. The van der Waals surface area contributed by atoms with Gasteiger partial charge in [-0.05, 0) is 20.3 Å². The van der Waals surface area contributed by atoms with Gasteiger partial charge in [0, 0.05) is 0 Å². The van der Waals surface area contributed by atoms with Gasteiger partial charge >= 0.3 is 5.97 Å². The molecule has 1 atom stereocenters. The van der Waals surface area contributed by atoms with Gasteiger partial charge < -0.3 is 10.4 Å². The fraction of sp³-hybridized carbons (Fsp3) is 0.875. The van der Waals surface area contributed by atoms with Crippen LogP contribution in [0.4, 0.5) is 0 Å². The molecule has 0 aliphatic heterocycles. The summed E-state index contributed by atoms with van der Waals surface area (Å²) in [5.74, 6) is -1.24. The molecule has 0 aliphatic rings. The van der Waals surface area contributed by atoms with Gasteiger partial charge in [0.25, 0.3) is 0 Å². The highest BCUT2D eigenvalue weighted by Crippen LogP contribution is 2.17. The molecule has 1 amide bonds. The number of carboxylic acid groups (broad SMARTS) is 1. The van der Waals surface area contributed by atoms with Gasteiger partial charge in [0.05, 0.1) is 4.32 Å². The van der Waals surface area contributed by atoms with E-state index in [0.29, 0.717) is 6.42 Å². The molecule has 0 aliphatic carbocycles. The lowest BCUT2D eigenvalue weighted by Gasteiger charge is -2.20. The van der Waals surface area contributed by atoms with Crippen molar-refractivity contribution in [1.82, 2.24) is 5.32 Å². The molecule has 0 aromatic carbocycles. The number of hydrogen-bond donors (Lipinski definition) is 2. The van der Waals surface area contributed by atoms with Crippen molar-refractivity contribution in [3.63, 3.8) is 0 Å². The van der Waals surface area contributed by atoms with Crippen LogP contribution in [0, 0.1) is 0 Å². The van der Waals surface area contributed by atoms with Crippen molar-refractivity contribution in [1.29, 1.82) is 0 Å². The second-order valence-electron chi connectivity index (χ2n) is 6.10. The predicted octanol–water partition coefficient (Wildman–Crippen LogP) is 4.26. The van der Waals surface area contributed by atoms with Crippen molar-refractivity contribution in [2.45, 2.75) is 88.9 Å². The Morgan fingerprint density at radius 1 is 1.05 bits per heavy atom. The minimum absolute atomic E-state index is 0.283. The molecule has 0 bridgehead atoms. The van der Waals surface area contributed by atoms with Crippen LogP contribution < -0.4 is 5.32 Å². The Balaban J connectivity index is 3.86. The maximum atomic E-state index is 11.8. The van der Waals surface area contributed by atoms with Crippen molar-refractivity contribution >= 4 is 27.8 Å². The van der Waals surface area contributed by atoms with E-state index < -0.39 is 16.3 Å². The molecule has 0 aromatic heterocycles. The van der Waals surface area contributed by atoms with Crippen molar-refractivity contribution in [3.8, 4) is 0 Å². The molecule has 0 heterocycles. The molecule has 124 valence electrons. The number of rotatable bonds is 12. The van der Waals surface area contributed by atoms with E-state index in [-0.39, 0.29) is 5.91 Å². The third kappa shape index (κ3) is 10.7. The smallest absolute Gasteiger partial charge is 0.326 e. The Hall–Kier alpha value is -0.580. The number of alkyl halides is 1. The first-order chi connectivity index (χ1) is 9.79. The summed E-state index contributed by atoms with van der Waals surface area (Å²) in [6.07, 6.45) is 9.86. The second kappa shape index (κ2) is 11.0. The molecule has 21 heavy (non-hydrogen) atoms. The molecule has 0 saturated heterocycles. The van der Waals surface area contributed by atoms with Crippen LogP contribution in [0.15, 0.2) is 0 Å². The maximum Gasteiger partial charge on any atom is 0.326 e. The zero-order valence-corrected chi connectivity index (χ0v) is 15.2. The van der Waals surface area contributed by atoms with Crippen molar-refractivity contribution in [2.75, 3.05) is 0 Å². The van der Waals surface area contributed by atoms with Gasteiger partial charge in [0.1, 0.15) is 6.04 Å². The van der Waals surface area contributed by atoms with Crippen molar-refractivity contribution < 1.29 is 14.7 Å². The average Bonchev–Trinajstić information content (AvgIpc) is 2.38. The zero-order valence-electron chi connectivity index (χ0n) is 13.6. The van der Waals surface area contributed by atoms with Crippen LogP contribution in [0.5, 0.6) is 0 Å². The Morgan fingerprint density at radius 2 is 1.52 bits per heavy atom. The monoisotopic (exact) mass is 363 g/mol. The van der Waals surface area contributed by atoms with Crippen LogP contribution in [0.3, 0.4) is 0 Å². The molecule has 5 heteroatoms. The SMILES string of the molecule is CCCCCCCCCCC(NC(=O)C(C)(C)Br)C(=O)O. The molecule has 1 unspecified atom stereocenters. The van der Waals surface area contributed by atoms with E-state index in [0.717, 1.165) is 19.3 Å². The number of carbonyl (C=O) groups is 2. The molecular weight excluding hydrogens is 334 g/mol. The largest absolute Gasteiger partial charge is 0.480 e. The number of carboxylic acids is 1. The first-order valence-electron chi connectivity index (χ1n) is 8.01. The molecule has 0 fully saturated rings. The number of amides is 1. The highest BCUT2D eigenvalue weighted by molar-refractivity contribution is 9.10. The van der Waals surface area contributed by atoms with E-state index in [1.165, 1.54) is 32.1 Å². The summed E-state index contributed by atoms with van der Waals surface area (Å²) >= 11 is 3.24.